The second-order valence-corrected chi connectivity index (χ2v) is 4.98. The van der Waals surface area contributed by atoms with E-state index in [1.54, 1.807) is 0 Å². The quantitative estimate of drug-likeness (QED) is 0.522. The highest BCUT2D eigenvalue weighted by Crippen LogP contribution is 2.42. The van der Waals surface area contributed by atoms with Crippen molar-refractivity contribution in [1.82, 2.24) is 14.5 Å². The molecule has 0 unspecified atom stereocenters. The van der Waals surface area contributed by atoms with Crippen molar-refractivity contribution in [3.63, 3.8) is 0 Å². The van der Waals surface area contributed by atoms with Gasteiger partial charge >= 0.3 is 0 Å². The molecule has 0 saturated carbocycles. The molecule has 0 aromatic carbocycles. The first-order valence-electron chi connectivity index (χ1n) is 6.39. The van der Waals surface area contributed by atoms with Crippen LogP contribution in [0.25, 0.3) is 11.0 Å². The minimum absolute atomic E-state index is 0.0642. The van der Waals surface area contributed by atoms with Crippen molar-refractivity contribution in [2.24, 2.45) is 0 Å². The van der Waals surface area contributed by atoms with Crippen LogP contribution in [0.15, 0.2) is 17.1 Å². The minimum atomic E-state index is -2.58. The molecular formula is C13H13FN4O4. The lowest BCUT2D eigenvalue weighted by Crippen LogP contribution is -2.42. The monoisotopic (exact) mass is 308 g/mol. The summed E-state index contributed by atoms with van der Waals surface area (Å²) < 4.78 is 21.4. The van der Waals surface area contributed by atoms with Gasteiger partial charge in [-0.1, -0.05) is 5.92 Å². The number of nitrogens with two attached hydrogens (primary N) is 1. The number of nitrogen functional groups attached to an aromatic ring is 1. The fourth-order valence-electron chi connectivity index (χ4n) is 2.57. The smallest absolute Gasteiger partial charge is 0.261 e. The molecule has 1 aliphatic rings. The lowest BCUT2D eigenvalue weighted by atomic mass is 9.97. The summed E-state index contributed by atoms with van der Waals surface area (Å²) in [6, 6.07) is 1.40. The van der Waals surface area contributed by atoms with E-state index in [9.17, 15) is 14.3 Å². The van der Waals surface area contributed by atoms with E-state index in [4.69, 9.17) is 22.0 Å². The minimum Gasteiger partial charge on any atom is -0.394 e. The van der Waals surface area contributed by atoms with E-state index in [-0.39, 0.29) is 17.0 Å². The van der Waals surface area contributed by atoms with Gasteiger partial charge in [0.05, 0.1) is 12.0 Å². The third kappa shape index (κ3) is 1.82. The molecule has 8 nitrogen and oxygen atoms in total. The van der Waals surface area contributed by atoms with Gasteiger partial charge in [0.2, 0.25) is 11.6 Å². The highest BCUT2D eigenvalue weighted by atomic mass is 19.1. The Morgan fingerprint density at radius 2 is 2.41 bits per heavy atom. The molecule has 0 amide bonds. The predicted octanol–water partition coefficient (Wildman–Crippen LogP) is -1.10. The number of alkyl halides is 1. The third-order valence-electron chi connectivity index (χ3n) is 3.70. The molecule has 2 aromatic rings. The van der Waals surface area contributed by atoms with Gasteiger partial charge in [-0.25, -0.2) is 4.39 Å². The molecule has 0 bridgehead atoms. The SMILES string of the molecule is C#C[C@@]1(F)[C@@H](O)[C@@H](CO)O[C@H]1n1ccc2c(=O)[nH]c(N)nc21. The summed E-state index contributed by atoms with van der Waals surface area (Å²) in [6.45, 7) is -0.611. The van der Waals surface area contributed by atoms with E-state index >= 15 is 0 Å². The maximum Gasteiger partial charge on any atom is 0.261 e. The number of aliphatic hydroxyl groups excluding tert-OH is 2. The Kier molecular flexibility index (Phi) is 3.17. The number of aromatic nitrogens is 3. The molecule has 3 rings (SSSR count). The van der Waals surface area contributed by atoms with Gasteiger partial charge in [0.1, 0.15) is 12.2 Å². The lowest BCUT2D eigenvalue weighted by Gasteiger charge is -2.24. The molecule has 4 atom stereocenters. The zero-order valence-corrected chi connectivity index (χ0v) is 11.2. The Hall–Kier alpha value is -2.41. The number of nitrogens with one attached hydrogen (secondary N) is 1. The summed E-state index contributed by atoms with van der Waals surface area (Å²) in [5.74, 6) is 1.72. The van der Waals surface area contributed by atoms with Gasteiger partial charge in [0, 0.05) is 6.20 Å². The molecule has 2 aromatic heterocycles. The van der Waals surface area contributed by atoms with Crippen LogP contribution in [0, 0.1) is 12.3 Å². The van der Waals surface area contributed by atoms with Crippen LogP contribution in [0.5, 0.6) is 0 Å². The van der Waals surface area contributed by atoms with E-state index in [1.165, 1.54) is 16.8 Å². The van der Waals surface area contributed by atoms with Gasteiger partial charge in [0.15, 0.2) is 11.9 Å². The van der Waals surface area contributed by atoms with Gasteiger partial charge in [-0.3, -0.25) is 9.78 Å². The first kappa shape index (κ1) is 14.5. The molecule has 0 spiro atoms. The highest BCUT2D eigenvalue weighted by molar-refractivity contribution is 5.76. The lowest BCUT2D eigenvalue weighted by molar-refractivity contribution is -0.0501. The molecular weight excluding hydrogens is 295 g/mol. The number of nitrogens with zero attached hydrogens (tertiary/aromatic N) is 2. The number of anilines is 1. The number of aliphatic hydroxyl groups is 2. The average Bonchev–Trinajstić information content (AvgIpc) is 3.00. The van der Waals surface area contributed by atoms with Crippen molar-refractivity contribution in [2.45, 2.75) is 24.1 Å². The van der Waals surface area contributed by atoms with Crippen LogP contribution in [0.3, 0.4) is 0 Å². The van der Waals surface area contributed by atoms with Crippen molar-refractivity contribution in [1.29, 1.82) is 0 Å². The molecule has 1 fully saturated rings. The van der Waals surface area contributed by atoms with Crippen LogP contribution in [-0.4, -0.2) is 49.2 Å². The van der Waals surface area contributed by atoms with Crippen LogP contribution < -0.4 is 11.3 Å². The van der Waals surface area contributed by atoms with Crippen molar-refractivity contribution in [3.05, 3.63) is 22.6 Å². The van der Waals surface area contributed by atoms with Crippen LogP contribution in [-0.2, 0) is 4.74 Å². The topological polar surface area (TPSA) is 126 Å². The fourth-order valence-corrected chi connectivity index (χ4v) is 2.57. The first-order chi connectivity index (χ1) is 10.4. The predicted molar refractivity (Wildman–Crippen MR) is 74.4 cm³/mol. The standard InChI is InChI=1S/C13H13FN4O4/c1-2-13(14)8(20)7(5-19)22-11(13)18-4-3-6-9(18)16-12(15)17-10(6)21/h1,3-4,7-8,11,19-20H,5H2,(H3,15,16,17,21)/t7-,8+,11-,13-/m1/s1. The zero-order chi connectivity index (χ0) is 16.1. The third-order valence-corrected chi connectivity index (χ3v) is 3.70. The largest absolute Gasteiger partial charge is 0.394 e. The van der Waals surface area contributed by atoms with Crippen molar-refractivity contribution in [2.75, 3.05) is 12.3 Å². The summed E-state index contributed by atoms with van der Waals surface area (Å²) in [7, 11) is 0. The molecule has 5 N–H and O–H groups in total. The van der Waals surface area contributed by atoms with E-state index < -0.39 is 36.3 Å². The highest BCUT2D eigenvalue weighted by Gasteiger charge is 2.57. The van der Waals surface area contributed by atoms with Crippen molar-refractivity contribution < 1.29 is 19.3 Å². The van der Waals surface area contributed by atoms with E-state index in [0.29, 0.717) is 0 Å². The number of hydrogen-bond acceptors (Lipinski definition) is 6. The van der Waals surface area contributed by atoms with E-state index in [0.717, 1.165) is 0 Å². The molecule has 116 valence electrons. The number of rotatable bonds is 2. The summed E-state index contributed by atoms with van der Waals surface area (Å²) in [5, 5.41) is 19.3. The Morgan fingerprint density at radius 1 is 1.68 bits per heavy atom. The fraction of sp³-hybridized carbons (Fsp3) is 0.385. The van der Waals surface area contributed by atoms with Gasteiger partial charge in [0.25, 0.3) is 5.56 Å². The number of fused-ring (bicyclic) bond motifs is 1. The summed E-state index contributed by atoms with van der Waals surface area (Å²) >= 11 is 0. The maximum absolute atomic E-state index is 14.9. The Bertz CT molecular complexity index is 826. The van der Waals surface area contributed by atoms with Crippen molar-refractivity contribution >= 4 is 17.0 Å². The maximum atomic E-state index is 14.9. The summed E-state index contributed by atoms with van der Waals surface area (Å²) in [5.41, 5.74) is 2.47. The molecule has 9 heteroatoms. The molecule has 1 saturated heterocycles. The molecule has 1 aliphatic heterocycles. The zero-order valence-electron chi connectivity index (χ0n) is 11.2. The number of halogens is 1. The Labute approximate surface area is 123 Å². The molecule has 0 radical (unpaired) electrons. The van der Waals surface area contributed by atoms with Gasteiger partial charge < -0.3 is 25.3 Å². The van der Waals surface area contributed by atoms with Crippen LogP contribution >= 0.6 is 0 Å². The summed E-state index contributed by atoms with van der Waals surface area (Å²) in [4.78, 5) is 18.0. The Morgan fingerprint density at radius 3 is 3.05 bits per heavy atom. The molecule has 3 heterocycles. The molecule has 0 aliphatic carbocycles. The number of terminal acetylenes is 1. The number of hydrogen-bond donors (Lipinski definition) is 4. The van der Waals surface area contributed by atoms with Crippen LogP contribution in [0.1, 0.15) is 6.23 Å². The number of aromatic amines is 1. The van der Waals surface area contributed by atoms with Crippen LogP contribution in [0.4, 0.5) is 10.3 Å². The van der Waals surface area contributed by atoms with Crippen LogP contribution in [0.2, 0.25) is 0 Å². The van der Waals surface area contributed by atoms with E-state index in [1.807, 2.05) is 5.92 Å². The average molecular weight is 308 g/mol. The van der Waals surface area contributed by atoms with Gasteiger partial charge in [-0.15, -0.1) is 6.42 Å². The van der Waals surface area contributed by atoms with Gasteiger partial charge in [-0.2, -0.15) is 4.98 Å². The van der Waals surface area contributed by atoms with Gasteiger partial charge in [-0.05, 0) is 6.07 Å². The number of ether oxygens (including phenoxy) is 1. The van der Waals surface area contributed by atoms with E-state index in [2.05, 4.69) is 9.97 Å². The summed E-state index contributed by atoms with van der Waals surface area (Å²) in [6.07, 6.45) is 2.20. The number of H-pyrrole nitrogens is 1. The second-order valence-electron chi connectivity index (χ2n) is 4.98. The Balaban J connectivity index is 2.19. The molecule has 22 heavy (non-hydrogen) atoms. The van der Waals surface area contributed by atoms with Crippen molar-refractivity contribution in [3.8, 4) is 12.3 Å². The normalized spacial score (nSPS) is 31.5. The second kappa shape index (κ2) is 4.81. The first-order valence-corrected chi connectivity index (χ1v) is 6.39.